The van der Waals surface area contributed by atoms with Crippen molar-refractivity contribution in [1.82, 2.24) is 4.98 Å². The molecule has 0 unspecified atom stereocenters. The zero-order chi connectivity index (χ0) is 13.1. The van der Waals surface area contributed by atoms with Gasteiger partial charge in [-0.25, -0.2) is 4.98 Å². The summed E-state index contributed by atoms with van der Waals surface area (Å²) >= 11 is 5.02. The van der Waals surface area contributed by atoms with Crippen molar-refractivity contribution >= 4 is 28.7 Å². The number of rotatable bonds is 3. The van der Waals surface area contributed by atoms with E-state index in [4.69, 9.17) is 18.0 Å². The first kappa shape index (κ1) is 12.5. The van der Waals surface area contributed by atoms with E-state index in [2.05, 4.69) is 30.2 Å². The molecule has 18 heavy (non-hydrogen) atoms. The number of pyridine rings is 1. The maximum Gasteiger partial charge on any atom is 0.140 e. The summed E-state index contributed by atoms with van der Waals surface area (Å²) in [7, 11) is 0. The highest BCUT2D eigenvalue weighted by Gasteiger charge is 2.07. The molecule has 0 spiro atoms. The lowest BCUT2D eigenvalue weighted by molar-refractivity contribution is 1.27. The molecule has 4 heteroatoms. The molecule has 2 rings (SSSR count). The molecule has 0 saturated carbocycles. The van der Waals surface area contributed by atoms with Gasteiger partial charge in [0, 0.05) is 11.9 Å². The van der Waals surface area contributed by atoms with Crippen molar-refractivity contribution in [3.63, 3.8) is 0 Å². The van der Waals surface area contributed by atoms with Crippen LogP contribution in [0.25, 0.3) is 0 Å². The van der Waals surface area contributed by atoms with Crippen molar-refractivity contribution in [3.05, 3.63) is 53.2 Å². The van der Waals surface area contributed by atoms with E-state index in [0.717, 1.165) is 11.3 Å². The lowest BCUT2D eigenvalue weighted by Gasteiger charge is -2.13. The second-order valence-corrected chi connectivity index (χ2v) is 4.58. The van der Waals surface area contributed by atoms with Crippen molar-refractivity contribution in [2.75, 3.05) is 5.32 Å². The van der Waals surface area contributed by atoms with Crippen LogP contribution in [0, 0.1) is 13.8 Å². The van der Waals surface area contributed by atoms with E-state index in [-0.39, 0.29) is 0 Å². The molecule has 0 fully saturated rings. The minimum Gasteiger partial charge on any atom is -0.389 e. The van der Waals surface area contributed by atoms with Crippen molar-refractivity contribution in [1.29, 1.82) is 0 Å². The van der Waals surface area contributed by atoms with Gasteiger partial charge in [0.05, 0.1) is 5.56 Å². The van der Waals surface area contributed by atoms with Crippen LogP contribution in [0.5, 0.6) is 0 Å². The van der Waals surface area contributed by atoms with Crippen molar-refractivity contribution in [2.24, 2.45) is 5.73 Å². The van der Waals surface area contributed by atoms with E-state index < -0.39 is 0 Å². The summed E-state index contributed by atoms with van der Waals surface area (Å²) in [6, 6.07) is 9.79. The van der Waals surface area contributed by atoms with Gasteiger partial charge in [0.1, 0.15) is 10.8 Å². The standard InChI is InChI=1S/C14H15N3S/c1-9-5-3-7-12(10(9)2)17-14-11(13(15)18)6-4-8-16-14/h3-8H,1-2H3,(H2,15,18)(H,16,17). The van der Waals surface area contributed by atoms with Gasteiger partial charge in [-0.2, -0.15) is 0 Å². The lowest BCUT2D eigenvalue weighted by atomic mass is 10.1. The Morgan fingerprint density at radius 2 is 2.00 bits per heavy atom. The van der Waals surface area contributed by atoms with Crippen LogP contribution in [0.3, 0.4) is 0 Å². The first-order valence-corrected chi connectivity index (χ1v) is 6.08. The fraction of sp³-hybridized carbons (Fsp3) is 0.143. The minimum atomic E-state index is 0.343. The number of nitrogens with one attached hydrogen (secondary N) is 1. The average Bonchev–Trinajstić information content (AvgIpc) is 2.35. The van der Waals surface area contributed by atoms with Crippen LogP contribution in [0.1, 0.15) is 16.7 Å². The highest BCUT2D eigenvalue weighted by molar-refractivity contribution is 7.80. The summed E-state index contributed by atoms with van der Waals surface area (Å²) < 4.78 is 0. The molecule has 1 aromatic carbocycles. The Morgan fingerprint density at radius 1 is 1.22 bits per heavy atom. The summed E-state index contributed by atoms with van der Waals surface area (Å²) in [5.74, 6) is 0.693. The fourth-order valence-electron chi connectivity index (χ4n) is 1.72. The van der Waals surface area contributed by atoms with Gasteiger partial charge >= 0.3 is 0 Å². The third kappa shape index (κ3) is 2.49. The topological polar surface area (TPSA) is 50.9 Å². The number of thiocarbonyl (C=S) groups is 1. The van der Waals surface area contributed by atoms with E-state index in [0.29, 0.717) is 10.8 Å². The highest BCUT2D eigenvalue weighted by Crippen LogP contribution is 2.23. The van der Waals surface area contributed by atoms with Crippen LogP contribution in [0.15, 0.2) is 36.5 Å². The van der Waals surface area contributed by atoms with E-state index in [1.54, 1.807) is 6.20 Å². The predicted molar refractivity (Wildman–Crippen MR) is 79.3 cm³/mol. The van der Waals surface area contributed by atoms with Gasteiger partial charge in [0.15, 0.2) is 0 Å². The monoisotopic (exact) mass is 257 g/mol. The van der Waals surface area contributed by atoms with Gasteiger partial charge in [-0.15, -0.1) is 0 Å². The van der Waals surface area contributed by atoms with Crippen LogP contribution in [0.4, 0.5) is 11.5 Å². The minimum absolute atomic E-state index is 0.343. The predicted octanol–water partition coefficient (Wildman–Crippen LogP) is 3.08. The number of aromatic nitrogens is 1. The van der Waals surface area contributed by atoms with Gasteiger partial charge in [0.25, 0.3) is 0 Å². The first-order valence-electron chi connectivity index (χ1n) is 5.67. The smallest absolute Gasteiger partial charge is 0.140 e. The number of nitrogens with two attached hydrogens (primary N) is 1. The van der Waals surface area contributed by atoms with E-state index in [9.17, 15) is 0 Å². The van der Waals surface area contributed by atoms with Gasteiger partial charge in [-0.05, 0) is 43.2 Å². The number of benzene rings is 1. The maximum atomic E-state index is 5.69. The Labute approximate surface area is 112 Å². The van der Waals surface area contributed by atoms with Crippen LogP contribution in [-0.2, 0) is 0 Å². The van der Waals surface area contributed by atoms with Crippen molar-refractivity contribution in [2.45, 2.75) is 13.8 Å². The Bertz CT molecular complexity index is 593. The molecule has 0 amide bonds. The zero-order valence-corrected chi connectivity index (χ0v) is 11.2. The first-order chi connectivity index (χ1) is 8.59. The molecule has 0 atom stereocenters. The second-order valence-electron chi connectivity index (χ2n) is 4.14. The molecule has 0 saturated heterocycles. The fourth-order valence-corrected chi connectivity index (χ4v) is 1.88. The van der Waals surface area contributed by atoms with Gasteiger partial charge in [-0.1, -0.05) is 24.4 Å². The van der Waals surface area contributed by atoms with E-state index >= 15 is 0 Å². The van der Waals surface area contributed by atoms with Crippen LogP contribution >= 0.6 is 12.2 Å². The number of hydrogen-bond acceptors (Lipinski definition) is 3. The normalized spacial score (nSPS) is 10.1. The molecule has 1 heterocycles. The van der Waals surface area contributed by atoms with E-state index in [1.165, 1.54) is 11.1 Å². The molecular formula is C14H15N3S. The molecule has 2 aromatic rings. The largest absolute Gasteiger partial charge is 0.389 e. The molecular weight excluding hydrogens is 242 g/mol. The lowest BCUT2D eigenvalue weighted by Crippen LogP contribution is -2.13. The van der Waals surface area contributed by atoms with Crippen LogP contribution in [-0.4, -0.2) is 9.97 Å². The Kier molecular flexibility index (Phi) is 3.58. The molecule has 0 aliphatic carbocycles. The number of anilines is 2. The molecule has 1 aromatic heterocycles. The third-order valence-electron chi connectivity index (χ3n) is 2.93. The Morgan fingerprint density at radius 3 is 2.72 bits per heavy atom. The van der Waals surface area contributed by atoms with Gasteiger partial charge < -0.3 is 11.1 Å². The van der Waals surface area contributed by atoms with Gasteiger partial charge in [0.2, 0.25) is 0 Å². The van der Waals surface area contributed by atoms with Crippen LogP contribution < -0.4 is 11.1 Å². The van der Waals surface area contributed by atoms with E-state index in [1.807, 2.05) is 24.3 Å². The van der Waals surface area contributed by atoms with Crippen molar-refractivity contribution < 1.29 is 0 Å². The summed E-state index contributed by atoms with van der Waals surface area (Å²) in [6.07, 6.45) is 1.72. The van der Waals surface area contributed by atoms with Gasteiger partial charge in [-0.3, -0.25) is 0 Å². The van der Waals surface area contributed by atoms with Crippen LogP contribution in [0.2, 0.25) is 0 Å². The molecule has 0 bridgehead atoms. The number of nitrogens with zero attached hydrogens (tertiary/aromatic N) is 1. The van der Waals surface area contributed by atoms with Crippen molar-refractivity contribution in [3.8, 4) is 0 Å². The summed E-state index contributed by atoms with van der Waals surface area (Å²) in [6.45, 7) is 4.15. The zero-order valence-electron chi connectivity index (χ0n) is 10.4. The quantitative estimate of drug-likeness (QED) is 0.830. The highest BCUT2D eigenvalue weighted by atomic mass is 32.1. The summed E-state index contributed by atoms with van der Waals surface area (Å²) in [4.78, 5) is 4.63. The Hall–Kier alpha value is -1.94. The molecule has 0 radical (unpaired) electrons. The third-order valence-corrected chi connectivity index (χ3v) is 3.15. The number of aryl methyl sites for hydroxylation is 1. The second kappa shape index (κ2) is 5.14. The summed E-state index contributed by atoms with van der Waals surface area (Å²) in [5.41, 5.74) is 9.89. The molecule has 0 aliphatic heterocycles. The Balaban J connectivity index is 2.40. The average molecular weight is 257 g/mol. The molecule has 0 aliphatic rings. The molecule has 3 N–H and O–H groups in total. The maximum absolute atomic E-state index is 5.69. The SMILES string of the molecule is Cc1cccc(Nc2ncccc2C(N)=S)c1C. The number of hydrogen-bond donors (Lipinski definition) is 2. The molecule has 3 nitrogen and oxygen atoms in total. The molecule has 92 valence electrons. The summed E-state index contributed by atoms with van der Waals surface area (Å²) in [5, 5.41) is 3.28.